The van der Waals surface area contributed by atoms with Crippen LogP contribution in [-0.2, 0) is 4.74 Å². The molecule has 1 N–H and O–H groups in total. The molecule has 4 heteroatoms. The first-order valence-electron chi connectivity index (χ1n) is 8.34. The van der Waals surface area contributed by atoms with Gasteiger partial charge in [-0.3, -0.25) is 4.79 Å². The van der Waals surface area contributed by atoms with E-state index in [0.29, 0.717) is 24.8 Å². The maximum atomic E-state index is 12.1. The van der Waals surface area contributed by atoms with Crippen LogP contribution in [0.1, 0.15) is 54.9 Å². The van der Waals surface area contributed by atoms with Gasteiger partial charge in [0.2, 0.25) is 0 Å². The molecule has 1 saturated carbocycles. The van der Waals surface area contributed by atoms with Crippen LogP contribution in [0.4, 0.5) is 0 Å². The molecule has 1 aliphatic rings. The summed E-state index contributed by atoms with van der Waals surface area (Å²) < 4.78 is 11.3. The molecule has 22 heavy (non-hydrogen) atoms. The van der Waals surface area contributed by atoms with Gasteiger partial charge in [-0.2, -0.15) is 0 Å². The van der Waals surface area contributed by atoms with Crippen LogP contribution in [0, 0.1) is 6.92 Å². The van der Waals surface area contributed by atoms with Crippen LogP contribution in [0.5, 0.6) is 5.75 Å². The van der Waals surface area contributed by atoms with Gasteiger partial charge in [-0.1, -0.05) is 12.8 Å². The Labute approximate surface area is 133 Å². The topological polar surface area (TPSA) is 47.6 Å². The van der Waals surface area contributed by atoms with Crippen molar-refractivity contribution in [3.05, 3.63) is 29.3 Å². The molecular formula is C18H27NO3. The van der Waals surface area contributed by atoms with Gasteiger partial charge in [-0.15, -0.1) is 0 Å². The summed E-state index contributed by atoms with van der Waals surface area (Å²) in [7, 11) is 0. The van der Waals surface area contributed by atoms with Gasteiger partial charge in [-0.25, -0.2) is 0 Å². The smallest absolute Gasteiger partial charge is 0.251 e. The highest BCUT2D eigenvalue weighted by molar-refractivity contribution is 5.94. The summed E-state index contributed by atoms with van der Waals surface area (Å²) in [6, 6.07) is 5.54. The molecule has 1 aromatic rings. The molecule has 0 aliphatic heterocycles. The summed E-state index contributed by atoms with van der Waals surface area (Å²) in [5, 5.41) is 2.94. The summed E-state index contributed by atoms with van der Waals surface area (Å²) in [4.78, 5) is 12.1. The number of hydrogen-bond acceptors (Lipinski definition) is 3. The van der Waals surface area contributed by atoms with Crippen LogP contribution < -0.4 is 10.1 Å². The molecule has 122 valence electrons. The van der Waals surface area contributed by atoms with E-state index in [0.717, 1.165) is 24.3 Å². The van der Waals surface area contributed by atoms with E-state index in [9.17, 15) is 4.79 Å². The summed E-state index contributed by atoms with van der Waals surface area (Å²) in [6.45, 7) is 5.92. The lowest BCUT2D eigenvalue weighted by molar-refractivity contribution is 0.0565. The van der Waals surface area contributed by atoms with E-state index >= 15 is 0 Å². The molecule has 0 spiro atoms. The summed E-state index contributed by atoms with van der Waals surface area (Å²) in [6.07, 6.45) is 6.27. The lowest BCUT2D eigenvalue weighted by Gasteiger charge is -2.12. The maximum Gasteiger partial charge on any atom is 0.251 e. The zero-order chi connectivity index (χ0) is 15.8. The predicted octanol–water partition coefficient (Wildman–Crippen LogP) is 3.47. The first-order valence-corrected chi connectivity index (χ1v) is 8.34. The number of amides is 1. The Morgan fingerprint density at radius 2 is 2.09 bits per heavy atom. The monoisotopic (exact) mass is 305 g/mol. The molecule has 1 fully saturated rings. The maximum absolute atomic E-state index is 12.1. The predicted molar refractivity (Wildman–Crippen MR) is 87.5 cm³/mol. The van der Waals surface area contributed by atoms with Gasteiger partial charge in [-0.05, 0) is 56.9 Å². The molecule has 1 amide bonds. The molecular weight excluding hydrogens is 278 g/mol. The van der Waals surface area contributed by atoms with E-state index in [1.54, 1.807) is 0 Å². The van der Waals surface area contributed by atoms with Crippen molar-refractivity contribution in [2.24, 2.45) is 0 Å². The van der Waals surface area contributed by atoms with E-state index in [2.05, 4.69) is 5.32 Å². The normalized spacial score (nSPS) is 15.0. The van der Waals surface area contributed by atoms with Crippen LogP contribution in [0.15, 0.2) is 18.2 Å². The van der Waals surface area contributed by atoms with E-state index in [4.69, 9.17) is 9.47 Å². The second-order valence-corrected chi connectivity index (χ2v) is 5.80. The molecule has 1 aliphatic carbocycles. The molecule has 2 rings (SSSR count). The average molecular weight is 305 g/mol. The van der Waals surface area contributed by atoms with E-state index < -0.39 is 0 Å². The van der Waals surface area contributed by atoms with Crippen molar-refractivity contribution < 1.29 is 14.3 Å². The number of benzene rings is 1. The number of aryl methyl sites for hydroxylation is 1. The summed E-state index contributed by atoms with van der Waals surface area (Å²) >= 11 is 0. The fraction of sp³-hybridized carbons (Fsp3) is 0.611. The van der Waals surface area contributed by atoms with Crippen LogP contribution in [0.2, 0.25) is 0 Å². The zero-order valence-electron chi connectivity index (χ0n) is 13.7. The van der Waals surface area contributed by atoms with Gasteiger partial charge in [0.1, 0.15) is 5.75 Å². The molecule has 0 atom stereocenters. The van der Waals surface area contributed by atoms with Gasteiger partial charge >= 0.3 is 0 Å². The van der Waals surface area contributed by atoms with Crippen LogP contribution in [0.3, 0.4) is 0 Å². The molecule has 0 bridgehead atoms. The fourth-order valence-corrected chi connectivity index (χ4v) is 2.79. The van der Waals surface area contributed by atoms with Gasteiger partial charge in [0.15, 0.2) is 0 Å². The Bertz CT molecular complexity index is 481. The first kappa shape index (κ1) is 16.8. The van der Waals surface area contributed by atoms with Gasteiger partial charge in [0.05, 0.1) is 12.7 Å². The highest BCUT2D eigenvalue weighted by Crippen LogP contribution is 2.21. The Morgan fingerprint density at radius 3 is 2.77 bits per heavy atom. The number of carbonyl (C=O) groups is 1. The highest BCUT2D eigenvalue weighted by Gasteiger charge is 2.14. The average Bonchev–Trinajstić information content (AvgIpc) is 3.02. The van der Waals surface area contributed by atoms with Crippen molar-refractivity contribution in [1.82, 2.24) is 5.32 Å². The molecule has 0 radical (unpaired) electrons. The number of ether oxygens (including phenoxy) is 2. The minimum absolute atomic E-state index is 0.0352. The minimum Gasteiger partial charge on any atom is -0.494 e. The lowest BCUT2D eigenvalue weighted by Crippen LogP contribution is -2.25. The quantitative estimate of drug-likeness (QED) is 0.748. The SMILES string of the molecule is CCOc1ccc(C(=O)NCCCOC2CCCC2)cc1C. The van der Waals surface area contributed by atoms with Gasteiger partial charge in [0, 0.05) is 18.7 Å². The van der Waals surface area contributed by atoms with Crippen molar-refractivity contribution in [1.29, 1.82) is 0 Å². The highest BCUT2D eigenvalue weighted by atomic mass is 16.5. The summed E-state index contributed by atoms with van der Waals surface area (Å²) in [5.41, 5.74) is 1.66. The third kappa shape index (κ3) is 5.02. The van der Waals surface area contributed by atoms with Crippen LogP contribution >= 0.6 is 0 Å². The third-order valence-corrected chi connectivity index (χ3v) is 4.00. The fourth-order valence-electron chi connectivity index (χ4n) is 2.79. The molecule has 0 unspecified atom stereocenters. The minimum atomic E-state index is -0.0352. The van der Waals surface area contributed by atoms with E-state index in [-0.39, 0.29) is 5.91 Å². The van der Waals surface area contributed by atoms with Crippen molar-refractivity contribution in [2.75, 3.05) is 19.8 Å². The molecule has 0 heterocycles. The Kier molecular flexibility index (Phi) is 6.72. The Morgan fingerprint density at radius 1 is 1.32 bits per heavy atom. The number of hydrogen-bond donors (Lipinski definition) is 1. The van der Waals surface area contributed by atoms with Crippen molar-refractivity contribution >= 4 is 5.91 Å². The summed E-state index contributed by atoms with van der Waals surface area (Å²) in [5.74, 6) is 0.802. The third-order valence-electron chi connectivity index (χ3n) is 4.00. The zero-order valence-corrected chi connectivity index (χ0v) is 13.7. The van der Waals surface area contributed by atoms with Crippen molar-refractivity contribution in [3.63, 3.8) is 0 Å². The number of carbonyl (C=O) groups excluding carboxylic acids is 1. The van der Waals surface area contributed by atoms with Crippen LogP contribution in [0.25, 0.3) is 0 Å². The second kappa shape index (κ2) is 8.79. The Balaban J connectivity index is 1.69. The lowest BCUT2D eigenvalue weighted by atomic mass is 10.1. The van der Waals surface area contributed by atoms with E-state index in [1.165, 1.54) is 25.7 Å². The largest absolute Gasteiger partial charge is 0.494 e. The standard InChI is InChI=1S/C18H27NO3/c1-3-21-17-10-9-15(13-14(17)2)18(20)19-11-6-12-22-16-7-4-5-8-16/h9-10,13,16H,3-8,11-12H2,1-2H3,(H,19,20). The Hall–Kier alpha value is -1.55. The first-order chi connectivity index (χ1) is 10.7. The van der Waals surface area contributed by atoms with Crippen molar-refractivity contribution in [2.45, 2.75) is 52.1 Å². The molecule has 0 aromatic heterocycles. The molecule has 1 aromatic carbocycles. The van der Waals surface area contributed by atoms with Gasteiger partial charge in [0.25, 0.3) is 5.91 Å². The number of nitrogens with one attached hydrogen (secondary N) is 1. The number of rotatable bonds is 8. The van der Waals surface area contributed by atoms with Crippen molar-refractivity contribution in [3.8, 4) is 5.75 Å². The molecule has 4 nitrogen and oxygen atoms in total. The van der Waals surface area contributed by atoms with Crippen LogP contribution in [-0.4, -0.2) is 31.8 Å². The second-order valence-electron chi connectivity index (χ2n) is 5.80. The molecule has 0 saturated heterocycles. The van der Waals surface area contributed by atoms with E-state index in [1.807, 2.05) is 32.0 Å². The van der Waals surface area contributed by atoms with Gasteiger partial charge < -0.3 is 14.8 Å².